The molecule has 3 heteroatoms. The molecule has 2 N–H and O–H groups in total. The highest BCUT2D eigenvalue weighted by atomic mass is 16.5. The Morgan fingerprint density at radius 3 is 2.65 bits per heavy atom. The highest BCUT2D eigenvalue weighted by molar-refractivity contribution is 5.43. The maximum Gasteiger partial charge on any atom is 0.161 e. The van der Waals surface area contributed by atoms with Crippen LogP contribution in [0.15, 0.2) is 18.2 Å². The smallest absolute Gasteiger partial charge is 0.161 e. The predicted molar refractivity (Wildman–Crippen MR) is 68.6 cm³/mol. The van der Waals surface area contributed by atoms with Gasteiger partial charge >= 0.3 is 0 Å². The summed E-state index contributed by atoms with van der Waals surface area (Å²) < 4.78 is 11.2. The monoisotopic (exact) mass is 235 g/mol. The summed E-state index contributed by atoms with van der Waals surface area (Å²) in [6.45, 7) is 2.01. The lowest BCUT2D eigenvalue weighted by atomic mass is 9.96. The van der Waals surface area contributed by atoms with Crippen LogP contribution in [0.4, 0.5) is 0 Å². The molecule has 1 saturated carbocycles. The molecular weight excluding hydrogens is 214 g/mol. The van der Waals surface area contributed by atoms with Crippen LogP contribution in [0, 0.1) is 0 Å². The van der Waals surface area contributed by atoms with Gasteiger partial charge in [0.25, 0.3) is 0 Å². The van der Waals surface area contributed by atoms with E-state index in [0.29, 0.717) is 6.10 Å². The number of ether oxygens (including phenoxy) is 2. The van der Waals surface area contributed by atoms with Crippen LogP contribution >= 0.6 is 0 Å². The fourth-order valence-corrected chi connectivity index (χ4v) is 1.98. The standard InChI is InChI=1S/C14H21NO2/c1-10(15)8-11-6-7-13(16-2)14(9-11)17-12-4-3-5-12/h6-7,9-10,12H,3-5,8,15H2,1-2H3. The molecule has 1 atom stereocenters. The van der Waals surface area contributed by atoms with E-state index in [1.807, 2.05) is 13.0 Å². The number of rotatable bonds is 5. The first-order chi connectivity index (χ1) is 8.19. The SMILES string of the molecule is COc1ccc(CC(C)N)cc1OC1CCC1. The summed E-state index contributed by atoms with van der Waals surface area (Å²) in [5.41, 5.74) is 7.02. The van der Waals surface area contributed by atoms with Crippen molar-refractivity contribution < 1.29 is 9.47 Å². The molecule has 1 aliphatic carbocycles. The van der Waals surface area contributed by atoms with Gasteiger partial charge < -0.3 is 15.2 Å². The lowest BCUT2D eigenvalue weighted by molar-refractivity contribution is 0.116. The van der Waals surface area contributed by atoms with Crippen LogP contribution in [-0.4, -0.2) is 19.3 Å². The van der Waals surface area contributed by atoms with Gasteiger partial charge in [0, 0.05) is 6.04 Å². The van der Waals surface area contributed by atoms with Crippen molar-refractivity contribution in [1.29, 1.82) is 0 Å². The molecule has 17 heavy (non-hydrogen) atoms. The number of nitrogens with two attached hydrogens (primary N) is 1. The largest absolute Gasteiger partial charge is 0.493 e. The van der Waals surface area contributed by atoms with Gasteiger partial charge in [0.1, 0.15) is 0 Å². The van der Waals surface area contributed by atoms with Crippen molar-refractivity contribution in [3.63, 3.8) is 0 Å². The van der Waals surface area contributed by atoms with E-state index in [1.54, 1.807) is 7.11 Å². The summed E-state index contributed by atoms with van der Waals surface area (Å²) in [6.07, 6.45) is 4.81. The molecule has 0 heterocycles. The summed E-state index contributed by atoms with van der Waals surface area (Å²) >= 11 is 0. The van der Waals surface area contributed by atoms with Crippen molar-refractivity contribution in [1.82, 2.24) is 0 Å². The summed E-state index contributed by atoms with van der Waals surface area (Å²) in [7, 11) is 1.67. The number of hydrogen-bond acceptors (Lipinski definition) is 3. The quantitative estimate of drug-likeness (QED) is 0.853. The average molecular weight is 235 g/mol. The van der Waals surface area contributed by atoms with E-state index in [4.69, 9.17) is 15.2 Å². The lowest BCUT2D eigenvalue weighted by Crippen LogP contribution is -2.25. The van der Waals surface area contributed by atoms with Gasteiger partial charge in [-0.3, -0.25) is 0 Å². The second kappa shape index (κ2) is 5.41. The fourth-order valence-electron chi connectivity index (χ4n) is 1.98. The van der Waals surface area contributed by atoms with Crippen molar-refractivity contribution in [2.75, 3.05) is 7.11 Å². The molecule has 0 aromatic heterocycles. The molecule has 2 rings (SSSR count). The van der Waals surface area contributed by atoms with Crippen LogP contribution < -0.4 is 15.2 Å². The second-order valence-corrected chi connectivity index (χ2v) is 4.84. The zero-order chi connectivity index (χ0) is 12.3. The Bertz CT molecular complexity index is 372. The van der Waals surface area contributed by atoms with Crippen molar-refractivity contribution >= 4 is 0 Å². The Hall–Kier alpha value is -1.22. The van der Waals surface area contributed by atoms with Crippen molar-refractivity contribution in [2.24, 2.45) is 5.73 Å². The third-order valence-electron chi connectivity index (χ3n) is 3.13. The van der Waals surface area contributed by atoms with E-state index < -0.39 is 0 Å². The minimum absolute atomic E-state index is 0.167. The van der Waals surface area contributed by atoms with Gasteiger partial charge in [-0.15, -0.1) is 0 Å². The summed E-state index contributed by atoms with van der Waals surface area (Å²) in [4.78, 5) is 0. The van der Waals surface area contributed by atoms with Gasteiger partial charge in [0.2, 0.25) is 0 Å². The molecule has 0 radical (unpaired) electrons. The first-order valence-electron chi connectivity index (χ1n) is 6.28. The maximum absolute atomic E-state index is 5.93. The molecule has 0 bridgehead atoms. The van der Waals surface area contributed by atoms with E-state index >= 15 is 0 Å². The molecule has 0 aliphatic heterocycles. The molecule has 1 fully saturated rings. The maximum atomic E-state index is 5.93. The molecule has 1 aliphatic rings. The highest BCUT2D eigenvalue weighted by Crippen LogP contribution is 2.33. The molecule has 1 aromatic carbocycles. The summed E-state index contributed by atoms with van der Waals surface area (Å²) in [6, 6.07) is 6.24. The summed E-state index contributed by atoms with van der Waals surface area (Å²) in [5, 5.41) is 0. The molecule has 0 saturated heterocycles. The summed E-state index contributed by atoms with van der Waals surface area (Å²) in [5.74, 6) is 1.67. The average Bonchev–Trinajstić information content (AvgIpc) is 2.23. The van der Waals surface area contributed by atoms with Crippen LogP contribution in [-0.2, 0) is 6.42 Å². The Balaban J connectivity index is 2.13. The van der Waals surface area contributed by atoms with Gasteiger partial charge in [0.05, 0.1) is 13.2 Å². The van der Waals surface area contributed by atoms with E-state index in [1.165, 1.54) is 12.0 Å². The third kappa shape index (κ3) is 3.13. The first kappa shape index (κ1) is 12.2. The minimum atomic E-state index is 0.167. The third-order valence-corrected chi connectivity index (χ3v) is 3.13. The molecule has 0 spiro atoms. The Kier molecular flexibility index (Phi) is 3.89. The normalized spacial score (nSPS) is 17.4. The number of hydrogen-bond donors (Lipinski definition) is 1. The van der Waals surface area contributed by atoms with Crippen molar-refractivity contribution in [3.8, 4) is 11.5 Å². The molecule has 1 aromatic rings. The Morgan fingerprint density at radius 1 is 1.35 bits per heavy atom. The van der Waals surface area contributed by atoms with Crippen LogP contribution in [0.5, 0.6) is 11.5 Å². The van der Waals surface area contributed by atoms with E-state index in [9.17, 15) is 0 Å². The van der Waals surface area contributed by atoms with Gasteiger partial charge in [-0.2, -0.15) is 0 Å². The highest BCUT2D eigenvalue weighted by Gasteiger charge is 2.20. The minimum Gasteiger partial charge on any atom is -0.493 e. The zero-order valence-corrected chi connectivity index (χ0v) is 10.6. The van der Waals surface area contributed by atoms with E-state index in [-0.39, 0.29) is 6.04 Å². The van der Waals surface area contributed by atoms with Crippen LogP contribution in [0.1, 0.15) is 31.7 Å². The topological polar surface area (TPSA) is 44.5 Å². The molecule has 94 valence electrons. The molecular formula is C14H21NO2. The number of methoxy groups -OCH3 is 1. The molecule has 3 nitrogen and oxygen atoms in total. The second-order valence-electron chi connectivity index (χ2n) is 4.84. The molecule has 1 unspecified atom stereocenters. The van der Waals surface area contributed by atoms with Gasteiger partial charge in [0.15, 0.2) is 11.5 Å². The van der Waals surface area contributed by atoms with Gasteiger partial charge in [-0.25, -0.2) is 0 Å². The van der Waals surface area contributed by atoms with Crippen molar-refractivity contribution in [2.45, 2.75) is 44.8 Å². The van der Waals surface area contributed by atoms with Gasteiger partial charge in [-0.1, -0.05) is 6.07 Å². The predicted octanol–water partition coefficient (Wildman–Crippen LogP) is 2.52. The Morgan fingerprint density at radius 2 is 2.12 bits per heavy atom. The first-order valence-corrected chi connectivity index (χ1v) is 6.28. The van der Waals surface area contributed by atoms with Crippen LogP contribution in [0.2, 0.25) is 0 Å². The molecule has 0 amide bonds. The van der Waals surface area contributed by atoms with Gasteiger partial charge in [-0.05, 0) is 50.3 Å². The number of benzene rings is 1. The lowest BCUT2D eigenvalue weighted by Gasteiger charge is -2.27. The van der Waals surface area contributed by atoms with E-state index in [0.717, 1.165) is 30.8 Å². The Labute approximate surface area is 103 Å². The van der Waals surface area contributed by atoms with Crippen LogP contribution in [0.25, 0.3) is 0 Å². The van der Waals surface area contributed by atoms with Crippen molar-refractivity contribution in [3.05, 3.63) is 23.8 Å². The zero-order valence-electron chi connectivity index (χ0n) is 10.6. The van der Waals surface area contributed by atoms with Crippen LogP contribution in [0.3, 0.4) is 0 Å². The van der Waals surface area contributed by atoms with E-state index in [2.05, 4.69) is 12.1 Å². The fraction of sp³-hybridized carbons (Fsp3) is 0.571.